The molecule has 0 radical (unpaired) electrons. The number of allylic oxidation sites excluding steroid dienone is 3. The highest BCUT2D eigenvalue weighted by molar-refractivity contribution is 5.72. The number of aliphatic hydroxyl groups excluding tert-OH is 2. The van der Waals surface area contributed by atoms with Crippen molar-refractivity contribution >= 4 is 11.9 Å². The number of aliphatic carboxylic acids is 1. The van der Waals surface area contributed by atoms with E-state index in [1.807, 2.05) is 13.8 Å². The lowest BCUT2D eigenvalue weighted by Crippen LogP contribution is -2.39. The molecule has 0 aliphatic heterocycles. The molecule has 0 bridgehead atoms. The number of carboxylic acids is 1. The fourth-order valence-corrected chi connectivity index (χ4v) is 4.48. The van der Waals surface area contributed by atoms with E-state index in [9.17, 15) is 19.8 Å². The first-order valence-corrected chi connectivity index (χ1v) is 10.9. The summed E-state index contributed by atoms with van der Waals surface area (Å²) in [5.41, 5.74) is 1.21. The summed E-state index contributed by atoms with van der Waals surface area (Å²) >= 11 is 0. The molecule has 2 aliphatic rings. The molecule has 0 fully saturated rings. The molecule has 0 spiro atoms. The largest absolute Gasteiger partial charge is 0.481 e. The zero-order valence-electron chi connectivity index (χ0n) is 17.8. The van der Waals surface area contributed by atoms with Gasteiger partial charge >= 0.3 is 11.9 Å². The average molecular weight is 409 g/mol. The van der Waals surface area contributed by atoms with E-state index in [1.165, 1.54) is 5.57 Å². The van der Waals surface area contributed by atoms with Gasteiger partial charge in [-0.25, -0.2) is 0 Å². The first kappa shape index (κ1) is 23.6. The van der Waals surface area contributed by atoms with Crippen molar-refractivity contribution in [3.05, 3.63) is 23.8 Å². The van der Waals surface area contributed by atoms with Crippen molar-refractivity contribution in [3.8, 4) is 0 Å². The van der Waals surface area contributed by atoms with Gasteiger partial charge in [0, 0.05) is 5.92 Å². The lowest BCUT2D eigenvalue weighted by Gasteiger charge is -2.41. The third-order valence-electron chi connectivity index (χ3n) is 6.23. The second-order valence-corrected chi connectivity index (χ2v) is 8.81. The van der Waals surface area contributed by atoms with E-state index in [0.717, 1.165) is 25.7 Å². The maximum absolute atomic E-state index is 12.4. The van der Waals surface area contributed by atoms with Gasteiger partial charge in [0.15, 0.2) is 0 Å². The number of aliphatic hydroxyl groups is 2. The Morgan fingerprint density at radius 1 is 1.28 bits per heavy atom. The van der Waals surface area contributed by atoms with Crippen LogP contribution in [0.25, 0.3) is 0 Å². The molecular formula is C23H36O6. The van der Waals surface area contributed by atoms with Crippen molar-refractivity contribution in [2.24, 2.45) is 23.7 Å². The molecule has 0 aromatic heterocycles. The molecule has 3 N–H and O–H groups in total. The topological polar surface area (TPSA) is 104 Å². The van der Waals surface area contributed by atoms with E-state index < -0.39 is 18.2 Å². The molecule has 2 rings (SSSR count). The van der Waals surface area contributed by atoms with Crippen LogP contribution in [0.5, 0.6) is 0 Å². The van der Waals surface area contributed by atoms with Crippen LogP contribution in [0, 0.1) is 23.7 Å². The van der Waals surface area contributed by atoms with Crippen LogP contribution >= 0.6 is 0 Å². The van der Waals surface area contributed by atoms with Crippen LogP contribution in [-0.2, 0) is 14.3 Å². The second kappa shape index (κ2) is 10.9. The molecule has 7 atom stereocenters. The number of carbonyl (C=O) groups is 2. The van der Waals surface area contributed by atoms with Gasteiger partial charge in [-0.05, 0) is 55.9 Å². The highest BCUT2D eigenvalue weighted by atomic mass is 16.5. The average Bonchev–Trinajstić information content (AvgIpc) is 2.64. The van der Waals surface area contributed by atoms with Crippen LogP contribution in [0.4, 0.5) is 0 Å². The molecule has 164 valence electrons. The van der Waals surface area contributed by atoms with Crippen molar-refractivity contribution in [3.63, 3.8) is 0 Å². The monoisotopic (exact) mass is 408 g/mol. The van der Waals surface area contributed by atoms with E-state index in [0.29, 0.717) is 12.3 Å². The number of ether oxygens (including phenoxy) is 1. The molecule has 0 aromatic carbocycles. The quantitative estimate of drug-likeness (QED) is 0.478. The van der Waals surface area contributed by atoms with Gasteiger partial charge in [-0.1, -0.05) is 39.0 Å². The van der Waals surface area contributed by atoms with Gasteiger partial charge in [0.2, 0.25) is 0 Å². The predicted molar refractivity (Wildman–Crippen MR) is 110 cm³/mol. The number of carbonyl (C=O) groups excluding carboxylic acids is 1. The lowest BCUT2D eigenvalue weighted by atomic mass is 9.68. The Morgan fingerprint density at radius 2 is 2.00 bits per heavy atom. The summed E-state index contributed by atoms with van der Waals surface area (Å²) < 4.78 is 5.95. The fourth-order valence-electron chi connectivity index (χ4n) is 4.48. The van der Waals surface area contributed by atoms with Crippen LogP contribution in [0.3, 0.4) is 0 Å². The van der Waals surface area contributed by atoms with E-state index in [1.54, 1.807) is 0 Å². The smallest absolute Gasteiger partial charge is 0.308 e. The van der Waals surface area contributed by atoms with Crippen LogP contribution in [0.2, 0.25) is 0 Å². The Kier molecular flexibility index (Phi) is 8.90. The molecule has 0 amide bonds. The number of hydrogen-bond donors (Lipinski definition) is 3. The van der Waals surface area contributed by atoms with Gasteiger partial charge in [0.05, 0.1) is 24.5 Å². The first-order valence-electron chi connectivity index (χ1n) is 10.9. The number of carboxylic acid groups (broad SMARTS) is 1. The Labute approximate surface area is 173 Å². The van der Waals surface area contributed by atoms with E-state index in [2.05, 4.69) is 25.2 Å². The highest BCUT2D eigenvalue weighted by Gasteiger charge is 2.39. The van der Waals surface area contributed by atoms with Crippen molar-refractivity contribution < 1.29 is 29.6 Å². The Balaban J connectivity index is 2.02. The van der Waals surface area contributed by atoms with Crippen molar-refractivity contribution in [2.75, 3.05) is 0 Å². The van der Waals surface area contributed by atoms with Gasteiger partial charge in [0.25, 0.3) is 0 Å². The summed E-state index contributed by atoms with van der Waals surface area (Å²) in [5, 5.41) is 28.7. The molecule has 0 unspecified atom stereocenters. The van der Waals surface area contributed by atoms with Crippen molar-refractivity contribution in [2.45, 2.75) is 84.0 Å². The van der Waals surface area contributed by atoms with E-state index in [-0.39, 0.29) is 42.7 Å². The molecule has 0 aromatic rings. The third kappa shape index (κ3) is 6.96. The van der Waals surface area contributed by atoms with Crippen LogP contribution in [-0.4, -0.2) is 45.6 Å². The highest BCUT2D eigenvalue weighted by Crippen LogP contribution is 2.43. The first-order chi connectivity index (χ1) is 13.7. The van der Waals surface area contributed by atoms with Gasteiger partial charge < -0.3 is 20.1 Å². The van der Waals surface area contributed by atoms with Gasteiger partial charge in [-0.3, -0.25) is 9.59 Å². The summed E-state index contributed by atoms with van der Waals surface area (Å²) in [7, 11) is 0. The molecule has 29 heavy (non-hydrogen) atoms. The minimum Gasteiger partial charge on any atom is -0.481 e. The zero-order chi connectivity index (χ0) is 21.6. The summed E-state index contributed by atoms with van der Waals surface area (Å²) in [4.78, 5) is 23.1. The number of rotatable bonds is 10. The number of fused-ring (bicyclic) bond motifs is 1. The molecular weight excluding hydrogens is 372 g/mol. The summed E-state index contributed by atoms with van der Waals surface area (Å²) in [6, 6.07) is 0. The van der Waals surface area contributed by atoms with Gasteiger partial charge in [0.1, 0.15) is 6.10 Å². The lowest BCUT2D eigenvalue weighted by molar-refractivity contribution is -0.158. The minimum atomic E-state index is -1.07. The molecule has 0 saturated heterocycles. The van der Waals surface area contributed by atoms with Crippen molar-refractivity contribution in [1.82, 2.24) is 0 Å². The molecule has 2 aliphatic carbocycles. The standard InChI is InChI=1S/C23H36O6/c1-4-15(3)23(28)29-20-11-14(2)10-17-7-5-6-16(22(17)20)8-9-18(24)12-19(25)13-21(26)27/h5,7,10,14-16,18-20,22,24-25H,4,6,8-9,11-13H2,1-3H3,(H,26,27)/t14-,15-,16+,18+,19+,20-,22+/m0/s1. The summed E-state index contributed by atoms with van der Waals surface area (Å²) in [5.74, 6) is -0.610. The van der Waals surface area contributed by atoms with E-state index in [4.69, 9.17) is 9.84 Å². The summed E-state index contributed by atoms with van der Waals surface area (Å²) in [6.07, 6.45) is 7.94. The van der Waals surface area contributed by atoms with Crippen molar-refractivity contribution in [1.29, 1.82) is 0 Å². The van der Waals surface area contributed by atoms with Gasteiger partial charge in [-0.15, -0.1) is 0 Å². The molecule has 6 nitrogen and oxygen atoms in total. The summed E-state index contributed by atoms with van der Waals surface area (Å²) in [6.45, 7) is 6.01. The molecule has 0 saturated carbocycles. The maximum atomic E-state index is 12.4. The Bertz CT molecular complexity index is 625. The minimum absolute atomic E-state index is 0.0612. The fraction of sp³-hybridized carbons (Fsp3) is 0.739. The number of hydrogen-bond acceptors (Lipinski definition) is 5. The zero-order valence-corrected chi connectivity index (χ0v) is 17.8. The van der Waals surface area contributed by atoms with Crippen LogP contribution in [0.15, 0.2) is 23.8 Å². The SMILES string of the molecule is CC[C@H](C)C(=O)O[C@H]1C[C@@H](C)C=C2C=CC[C@H](CC[C@@H](O)C[C@@H](O)CC(=O)O)[C@H]21. The van der Waals surface area contributed by atoms with Gasteiger partial charge in [-0.2, -0.15) is 0 Å². The second-order valence-electron chi connectivity index (χ2n) is 8.81. The third-order valence-corrected chi connectivity index (χ3v) is 6.23. The Hall–Kier alpha value is -1.66. The van der Waals surface area contributed by atoms with Crippen LogP contribution < -0.4 is 0 Å². The van der Waals surface area contributed by atoms with Crippen LogP contribution in [0.1, 0.15) is 65.7 Å². The molecule has 6 heteroatoms. The maximum Gasteiger partial charge on any atom is 0.308 e. The predicted octanol–water partition coefficient (Wildman–Crippen LogP) is 3.47. The normalized spacial score (nSPS) is 29.3. The number of esters is 1. The van der Waals surface area contributed by atoms with E-state index >= 15 is 0 Å². The Morgan fingerprint density at radius 3 is 2.66 bits per heavy atom. The molecule has 0 heterocycles.